The third-order valence-electron chi connectivity index (χ3n) is 1.72. The molecule has 1 aliphatic rings. The van der Waals surface area contributed by atoms with E-state index in [0.29, 0.717) is 0 Å². The highest BCUT2D eigenvalue weighted by atomic mass is 79.9. The van der Waals surface area contributed by atoms with Gasteiger partial charge in [0.1, 0.15) is 0 Å². The van der Waals surface area contributed by atoms with Crippen molar-refractivity contribution in [1.29, 1.82) is 0 Å². The molecule has 0 amide bonds. The summed E-state index contributed by atoms with van der Waals surface area (Å²) in [6, 6.07) is 0. The van der Waals surface area contributed by atoms with Crippen molar-refractivity contribution in [1.82, 2.24) is 0 Å². The van der Waals surface area contributed by atoms with Gasteiger partial charge in [-0.25, -0.2) is 0 Å². The van der Waals surface area contributed by atoms with Crippen LogP contribution in [0.1, 0.15) is 25.7 Å². The van der Waals surface area contributed by atoms with Crippen LogP contribution >= 0.6 is 43.5 Å². The summed E-state index contributed by atoms with van der Waals surface area (Å²) in [7, 11) is 0. The third-order valence-corrected chi connectivity index (χ3v) is 2.61. The van der Waals surface area contributed by atoms with E-state index >= 15 is 0 Å². The zero-order chi connectivity index (χ0) is 8.27. The predicted molar refractivity (Wildman–Crippen MR) is 57.3 cm³/mol. The summed E-state index contributed by atoms with van der Waals surface area (Å²) in [4.78, 5) is 0. The van der Waals surface area contributed by atoms with E-state index in [4.69, 9.17) is 11.6 Å². The molecule has 0 nitrogen and oxygen atoms in total. The maximum absolute atomic E-state index is 6.02. The van der Waals surface area contributed by atoms with E-state index in [-0.39, 0.29) is 0 Å². The van der Waals surface area contributed by atoms with E-state index in [0.717, 1.165) is 21.3 Å². The van der Waals surface area contributed by atoms with E-state index in [2.05, 4.69) is 31.9 Å². The quantitative estimate of drug-likeness (QED) is 0.659. The number of allylic oxidation sites excluding steroid dienone is 3. The monoisotopic (exact) mass is 298 g/mol. The van der Waals surface area contributed by atoms with Crippen LogP contribution in [0.4, 0.5) is 0 Å². The number of halogens is 3. The van der Waals surface area contributed by atoms with Crippen LogP contribution < -0.4 is 0 Å². The second-order valence-electron chi connectivity index (χ2n) is 2.57. The second kappa shape index (κ2) is 4.68. The number of hydrogen-bond acceptors (Lipinski definition) is 0. The van der Waals surface area contributed by atoms with Gasteiger partial charge in [-0.05, 0) is 69.2 Å². The SMILES string of the molecule is ClC1=C(C=C(Br)Br)CCCC1. The molecule has 0 saturated carbocycles. The molecule has 0 heterocycles. The minimum atomic E-state index is 0.972. The van der Waals surface area contributed by atoms with Gasteiger partial charge in [0.05, 0.1) is 3.39 Å². The second-order valence-corrected chi connectivity index (χ2v) is 5.80. The van der Waals surface area contributed by atoms with Crippen LogP contribution in [0, 0.1) is 0 Å². The zero-order valence-corrected chi connectivity index (χ0v) is 9.97. The van der Waals surface area contributed by atoms with Crippen LogP contribution in [0.2, 0.25) is 0 Å². The fraction of sp³-hybridized carbons (Fsp3) is 0.500. The Balaban J connectivity index is 2.75. The lowest BCUT2D eigenvalue weighted by molar-refractivity contribution is 0.703. The Hall–Kier alpha value is 0.730. The Bertz CT molecular complexity index is 202. The molecule has 0 unspecified atom stereocenters. The normalized spacial score (nSPS) is 18.5. The highest BCUT2D eigenvalue weighted by Gasteiger charge is 2.08. The van der Waals surface area contributed by atoms with Crippen molar-refractivity contribution in [2.75, 3.05) is 0 Å². The molecule has 62 valence electrons. The molecule has 0 fully saturated rings. The van der Waals surface area contributed by atoms with Gasteiger partial charge in [0.2, 0.25) is 0 Å². The lowest BCUT2D eigenvalue weighted by Crippen LogP contribution is -1.92. The summed E-state index contributed by atoms with van der Waals surface area (Å²) < 4.78 is 0.972. The van der Waals surface area contributed by atoms with Gasteiger partial charge in [-0.1, -0.05) is 11.6 Å². The lowest BCUT2D eigenvalue weighted by Gasteiger charge is -2.12. The Morgan fingerprint density at radius 2 is 1.91 bits per heavy atom. The molecular weight excluding hydrogens is 291 g/mol. The molecule has 0 aromatic rings. The van der Waals surface area contributed by atoms with Crippen molar-refractivity contribution in [2.24, 2.45) is 0 Å². The standard InChI is InChI=1S/C8H9Br2Cl/c9-8(10)5-6-3-1-2-4-7(6)11/h5H,1-4H2. The van der Waals surface area contributed by atoms with E-state index < -0.39 is 0 Å². The van der Waals surface area contributed by atoms with Gasteiger partial charge in [-0.3, -0.25) is 0 Å². The van der Waals surface area contributed by atoms with Crippen molar-refractivity contribution < 1.29 is 0 Å². The molecule has 1 rings (SSSR count). The number of hydrogen-bond donors (Lipinski definition) is 0. The minimum absolute atomic E-state index is 0.972. The summed E-state index contributed by atoms with van der Waals surface area (Å²) in [5, 5.41) is 1.02. The summed E-state index contributed by atoms with van der Waals surface area (Å²) in [6.07, 6.45) is 6.69. The van der Waals surface area contributed by atoms with Crippen LogP contribution in [0.15, 0.2) is 20.1 Å². The van der Waals surface area contributed by atoms with Gasteiger partial charge in [0.25, 0.3) is 0 Å². The Kier molecular flexibility index (Phi) is 4.18. The molecule has 0 aromatic carbocycles. The van der Waals surface area contributed by atoms with Crippen LogP contribution in [0.5, 0.6) is 0 Å². The van der Waals surface area contributed by atoms with Gasteiger partial charge in [0, 0.05) is 5.03 Å². The largest absolute Gasteiger partial charge is 0.0889 e. The van der Waals surface area contributed by atoms with Crippen molar-refractivity contribution in [3.8, 4) is 0 Å². The molecule has 3 heteroatoms. The first-order chi connectivity index (χ1) is 5.20. The Labute approximate surface area is 88.9 Å². The summed E-state index contributed by atoms with van der Waals surface area (Å²) >= 11 is 12.7. The summed E-state index contributed by atoms with van der Waals surface area (Å²) in [5.41, 5.74) is 1.27. The first-order valence-electron chi connectivity index (χ1n) is 3.60. The highest BCUT2D eigenvalue weighted by molar-refractivity contribution is 9.28. The minimum Gasteiger partial charge on any atom is -0.0889 e. The molecule has 0 atom stereocenters. The summed E-state index contributed by atoms with van der Waals surface area (Å²) in [6.45, 7) is 0. The Morgan fingerprint density at radius 3 is 2.45 bits per heavy atom. The van der Waals surface area contributed by atoms with E-state index in [1.54, 1.807) is 0 Å². The van der Waals surface area contributed by atoms with E-state index in [9.17, 15) is 0 Å². The topological polar surface area (TPSA) is 0 Å². The average Bonchev–Trinajstić information content (AvgIpc) is 1.93. The molecule has 0 spiro atoms. The molecule has 0 N–H and O–H groups in total. The van der Waals surface area contributed by atoms with Gasteiger partial charge in [0.15, 0.2) is 0 Å². The van der Waals surface area contributed by atoms with Gasteiger partial charge in [-0.2, -0.15) is 0 Å². The molecule has 0 bridgehead atoms. The maximum Gasteiger partial charge on any atom is 0.0607 e. The number of rotatable bonds is 1. The highest BCUT2D eigenvalue weighted by Crippen LogP contribution is 2.30. The molecular formula is C8H9Br2Cl. The van der Waals surface area contributed by atoms with Crippen LogP contribution in [0.25, 0.3) is 0 Å². The smallest absolute Gasteiger partial charge is 0.0607 e. The molecule has 1 aliphatic carbocycles. The van der Waals surface area contributed by atoms with Gasteiger partial charge in [-0.15, -0.1) is 0 Å². The van der Waals surface area contributed by atoms with Crippen molar-refractivity contribution in [3.05, 3.63) is 20.1 Å². The molecule has 0 radical (unpaired) electrons. The fourth-order valence-electron chi connectivity index (χ4n) is 1.17. The molecule has 0 aromatic heterocycles. The van der Waals surface area contributed by atoms with Crippen LogP contribution in [-0.4, -0.2) is 0 Å². The average molecular weight is 300 g/mol. The molecule has 11 heavy (non-hydrogen) atoms. The first kappa shape index (κ1) is 9.82. The Morgan fingerprint density at radius 1 is 1.27 bits per heavy atom. The third kappa shape index (κ3) is 3.30. The molecule has 0 saturated heterocycles. The maximum atomic E-state index is 6.02. The van der Waals surface area contributed by atoms with Crippen LogP contribution in [-0.2, 0) is 0 Å². The van der Waals surface area contributed by atoms with E-state index in [1.807, 2.05) is 6.08 Å². The van der Waals surface area contributed by atoms with Crippen molar-refractivity contribution in [2.45, 2.75) is 25.7 Å². The van der Waals surface area contributed by atoms with Gasteiger partial charge >= 0.3 is 0 Å². The zero-order valence-electron chi connectivity index (χ0n) is 6.04. The fourth-order valence-corrected chi connectivity index (χ4v) is 2.01. The van der Waals surface area contributed by atoms with Crippen LogP contribution in [0.3, 0.4) is 0 Å². The van der Waals surface area contributed by atoms with E-state index in [1.165, 1.54) is 18.4 Å². The lowest BCUT2D eigenvalue weighted by atomic mass is 10.00. The van der Waals surface area contributed by atoms with Crippen molar-refractivity contribution >= 4 is 43.5 Å². The first-order valence-corrected chi connectivity index (χ1v) is 5.57. The molecule has 0 aliphatic heterocycles. The van der Waals surface area contributed by atoms with Crippen molar-refractivity contribution in [3.63, 3.8) is 0 Å². The predicted octanol–water partition coefficient (Wildman–Crippen LogP) is 4.68. The summed E-state index contributed by atoms with van der Waals surface area (Å²) in [5.74, 6) is 0. The van der Waals surface area contributed by atoms with Gasteiger partial charge < -0.3 is 0 Å².